The van der Waals surface area contributed by atoms with E-state index < -0.39 is 0 Å². The summed E-state index contributed by atoms with van der Waals surface area (Å²) in [6, 6.07) is 1.81. The standard InChI is InChI=1S/C12H16O3/c1-8-6-11(9(2)15-8)12(13)7-10-4-3-5-14-10/h6,10H,3-5,7H2,1-2H3. The second kappa shape index (κ2) is 4.19. The van der Waals surface area contributed by atoms with Crippen molar-refractivity contribution in [2.45, 2.75) is 39.2 Å². The molecule has 1 saturated heterocycles. The molecule has 1 aromatic heterocycles. The Labute approximate surface area is 89.4 Å². The van der Waals surface area contributed by atoms with Crippen molar-refractivity contribution in [2.24, 2.45) is 0 Å². The van der Waals surface area contributed by atoms with Gasteiger partial charge in [-0.1, -0.05) is 0 Å². The van der Waals surface area contributed by atoms with Crippen molar-refractivity contribution in [1.82, 2.24) is 0 Å². The van der Waals surface area contributed by atoms with Gasteiger partial charge in [0.15, 0.2) is 5.78 Å². The quantitative estimate of drug-likeness (QED) is 0.717. The van der Waals surface area contributed by atoms with Crippen LogP contribution in [0, 0.1) is 13.8 Å². The molecular weight excluding hydrogens is 192 g/mol. The summed E-state index contributed by atoms with van der Waals surface area (Å²) in [7, 11) is 0. The minimum Gasteiger partial charge on any atom is -0.466 e. The van der Waals surface area contributed by atoms with E-state index in [-0.39, 0.29) is 11.9 Å². The first-order valence-corrected chi connectivity index (χ1v) is 5.38. The molecule has 0 saturated carbocycles. The van der Waals surface area contributed by atoms with Gasteiger partial charge in [-0.3, -0.25) is 4.79 Å². The van der Waals surface area contributed by atoms with Crippen LogP contribution in [0.4, 0.5) is 0 Å². The van der Waals surface area contributed by atoms with Crippen LogP contribution in [0.3, 0.4) is 0 Å². The number of ketones is 1. The maximum atomic E-state index is 11.9. The molecule has 0 radical (unpaired) electrons. The molecule has 0 spiro atoms. The molecule has 0 aliphatic carbocycles. The van der Waals surface area contributed by atoms with E-state index in [0.29, 0.717) is 12.0 Å². The maximum Gasteiger partial charge on any atom is 0.168 e. The molecule has 1 atom stereocenters. The molecule has 2 heterocycles. The zero-order valence-electron chi connectivity index (χ0n) is 9.21. The first-order chi connectivity index (χ1) is 7.16. The summed E-state index contributed by atoms with van der Waals surface area (Å²) in [6.45, 7) is 4.48. The van der Waals surface area contributed by atoms with E-state index in [0.717, 1.165) is 31.0 Å². The summed E-state index contributed by atoms with van der Waals surface area (Å²) in [6.07, 6.45) is 2.68. The summed E-state index contributed by atoms with van der Waals surface area (Å²) in [5, 5.41) is 0. The largest absolute Gasteiger partial charge is 0.466 e. The smallest absolute Gasteiger partial charge is 0.168 e. The van der Waals surface area contributed by atoms with Gasteiger partial charge in [-0.2, -0.15) is 0 Å². The van der Waals surface area contributed by atoms with Crippen molar-refractivity contribution in [3.8, 4) is 0 Å². The summed E-state index contributed by atoms with van der Waals surface area (Å²) >= 11 is 0. The molecule has 1 aliphatic rings. The van der Waals surface area contributed by atoms with Gasteiger partial charge in [-0.15, -0.1) is 0 Å². The van der Waals surface area contributed by atoms with E-state index in [1.807, 2.05) is 19.9 Å². The van der Waals surface area contributed by atoms with E-state index >= 15 is 0 Å². The molecule has 1 aliphatic heterocycles. The topological polar surface area (TPSA) is 39.4 Å². The van der Waals surface area contributed by atoms with Gasteiger partial charge >= 0.3 is 0 Å². The van der Waals surface area contributed by atoms with E-state index in [1.165, 1.54) is 0 Å². The molecule has 0 amide bonds. The lowest BCUT2D eigenvalue weighted by Gasteiger charge is -2.06. The number of rotatable bonds is 3. The zero-order valence-corrected chi connectivity index (χ0v) is 9.21. The summed E-state index contributed by atoms with van der Waals surface area (Å²) in [4.78, 5) is 11.9. The first kappa shape index (κ1) is 10.4. The molecule has 1 aromatic rings. The normalized spacial score (nSPS) is 20.8. The van der Waals surface area contributed by atoms with E-state index in [4.69, 9.17) is 9.15 Å². The number of furan rings is 1. The third kappa shape index (κ3) is 2.29. The number of Topliss-reactive ketones (excluding diaryl/α,β-unsaturated/α-hetero) is 1. The van der Waals surface area contributed by atoms with Gasteiger partial charge in [0.25, 0.3) is 0 Å². The highest BCUT2D eigenvalue weighted by Crippen LogP contribution is 2.21. The maximum absolute atomic E-state index is 11.9. The Hall–Kier alpha value is -1.09. The molecule has 1 fully saturated rings. The molecule has 2 rings (SSSR count). The molecular formula is C12H16O3. The Balaban J connectivity index is 2.03. The lowest BCUT2D eigenvalue weighted by Crippen LogP contribution is -2.12. The molecule has 0 N–H and O–H groups in total. The Morgan fingerprint density at radius 2 is 2.33 bits per heavy atom. The Morgan fingerprint density at radius 1 is 1.53 bits per heavy atom. The van der Waals surface area contributed by atoms with Crippen LogP contribution in [0.15, 0.2) is 10.5 Å². The van der Waals surface area contributed by atoms with Crippen LogP contribution in [0.25, 0.3) is 0 Å². The Bertz CT molecular complexity index is 359. The Morgan fingerprint density at radius 3 is 2.87 bits per heavy atom. The van der Waals surface area contributed by atoms with E-state index in [1.54, 1.807) is 0 Å². The minimum atomic E-state index is 0.118. The molecule has 15 heavy (non-hydrogen) atoms. The van der Waals surface area contributed by atoms with Crippen molar-refractivity contribution in [1.29, 1.82) is 0 Å². The van der Waals surface area contributed by atoms with E-state index in [2.05, 4.69) is 0 Å². The average molecular weight is 208 g/mol. The van der Waals surface area contributed by atoms with Crippen LogP contribution in [0.5, 0.6) is 0 Å². The van der Waals surface area contributed by atoms with E-state index in [9.17, 15) is 4.79 Å². The Kier molecular flexibility index (Phi) is 2.91. The lowest BCUT2D eigenvalue weighted by atomic mass is 10.0. The highest BCUT2D eigenvalue weighted by molar-refractivity contribution is 5.97. The summed E-state index contributed by atoms with van der Waals surface area (Å²) in [5.41, 5.74) is 0.711. The summed E-state index contributed by atoms with van der Waals surface area (Å²) < 4.78 is 10.8. The number of ether oxygens (including phenoxy) is 1. The van der Waals surface area contributed by atoms with Crippen LogP contribution in [0.1, 0.15) is 41.1 Å². The summed E-state index contributed by atoms with van der Waals surface area (Å²) in [5.74, 6) is 1.65. The van der Waals surface area contributed by atoms with Crippen LogP contribution in [-0.2, 0) is 4.74 Å². The van der Waals surface area contributed by atoms with Crippen molar-refractivity contribution < 1.29 is 13.9 Å². The third-order valence-electron chi connectivity index (χ3n) is 2.78. The SMILES string of the molecule is Cc1cc(C(=O)CC2CCCO2)c(C)o1. The predicted octanol–water partition coefficient (Wildman–Crippen LogP) is 2.65. The number of carbonyl (C=O) groups is 1. The van der Waals surface area contributed by atoms with Crippen molar-refractivity contribution in [2.75, 3.05) is 6.61 Å². The van der Waals surface area contributed by atoms with Gasteiger partial charge < -0.3 is 9.15 Å². The monoisotopic (exact) mass is 208 g/mol. The number of carbonyl (C=O) groups excluding carboxylic acids is 1. The molecule has 82 valence electrons. The zero-order chi connectivity index (χ0) is 10.8. The fraction of sp³-hybridized carbons (Fsp3) is 0.583. The van der Waals surface area contributed by atoms with Crippen LogP contribution in [0.2, 0.25) is 0 Å². The fourth-order valence-corrected chi connectivity index (χ4v) is 2.03. The average Bonchev–Trinajstić information content (AvgIpc) is 2.75. The van der Waals surface area contributed by atoms with Crippen LogP contribution >= 0.6 is 0 Å². The number of hydrogen-bond acceptors (Lipinski definition) is 3. The van der Waals surface area contributed by atoms with Crippen molar-refractivity contribution in [3.05, 3.63) is 23.2 Å². The van der Waals surface area contributed by atoms with Crippen LogP contribution in [-0.4, -0.2) is 18.5 Å². The molecule has 3 nitrogen and oxygen atoms in total. The molecule has 0 bridgehead atoms. The third-order valence-corrected chi connectivity index (χ3v) is 2.78. The van der Waals surface area contributed by atoms with Gasteiger partial charge in [-0.25, -0.2) is 0 Å². The van der Waals surface area contributed by atoms with Gasteiger partial charge in [0.1, 0.15) is 11.5 Å². The van der Waals surface area contributed by atoms with Gasteiger partial charge in [0, 0.05) is 13.0 Å². The highest BCUT2D eigenvalue weighted by atomic mass is 16.5. The second-order valence-electron chi connectivity index (χ2n) is 4.09. The number of aryl methyl sites for hydroxylation is 2. The predicted molar refractivity (Wildman–Crippen MR) is 56.1 cm³/mol. The van der Waals surface area contributed by atoms with Gasteiger partial charge in [0.05, 0.1) is 11.7 Å². The van der Waals surface area contributed by atoms with Crippen molar-refractivity contribution in [3.63, 3.8) is 0 Å². The fourth-order valence-electron chi connectivity index (χ4n) is 2.03. The van der Waals surface area contributed by atoms with Gasteiger partial charge in [0.2, 0.25) is 0 Å². The second-order valence-corrected chi connectivity index (χ2v) is 4.09. The minimum absolute atomic E-state index is 0.118. The molecule has 3 heteroatoms. The van der Waals surface area contributed by atoms with Crippen LogP contribution < -0.4 is 0 Å². The molecule has 0 aromatic carbocycles. The molecule has 1 unspecified atom stereocenters. The lowest BCUT2D eigenvalue weighted by molar-refractivity contribution is 0.0774. The highest BCUT2D eigenvalue weighted by Gasteiger charge is 2.22. The number of hydrogen-bond donors (Lipinski definition) is 0. The van der Waals surface area contributed by atoms with Crippen molar-refractivity contribution >= 4 is 5.78 Å². The first-order valence-electron chi connectivity index (χ1n) is 5.38. The van der Waals surface area contributed by atoms with Gasteiger partial charge in [-0.05, 0) is 32.8 Å².